The molecule has 0 saturated carbocycles. The number of carbonyl (C=O) groups is 1. The number of aromatic nitrogens is 4. The number of aliphatic carboxylic acids is 1. The van der Waals surface area contributed by atoms with Gasteiger partial charge in [0.15, 0.2) is 0 Å². The molecule has 1 unspecified atom stereocenters. The number of carboxylic acid groups (broad SMARTS) is 1. The lowest BCUT2D eigenvalue weighted by molar-refractivity contribution is -0.136. The molecule has 0 spiro atoms. The summed E-state index contributed by atoms with van der Waals surface area (Å²) in [6.45, 7) is 0. The fourth-order valence-electron chi connectivity index (χ4n) is 3.14. The molecule has 0 fully saturated rings. The van der Waals surface area contributed by atoms with Gasteiger partial charge in [-0.2, -0.15) is 0 Å². The Balaban J connectivity index is 1.41. The van der Waals surface area contributed by atoms with Gasteiger partial charge >= 0.3 is 5.97 Å². The SMILES string of the molecule is O=C(O)Cc1nnc(-c2cnc(NC3Cc4ccc(C(F)F)cc4C3)nc2)o1. The molecular weight excluding hydrogens is 372 g/mol. The van der Waals surface area contributed by atoms with Gasteiger partial charge in [-0.15, -0.1) is 10.2 Å². The number of hydrogen-bond acceptors (Lipinski definition) is 7. The van der Waals surface area contributed by atoms with Crippen molar-refractivity contribution in [1.29, 1.82) is 0 Å². The second-order valence-electron chi connectivity index (χ2n) is 6.45. The Morgan fingerprint density at radius 3 is 2.68 bits per heavy atom. The van der Waals surface area contributed by atoms with Crippen molar-refractivity contribution in [3.05, 3.63) is 53.2 Å². The van der Waals surface area contributed by atoms with Gasteiger partial charge in [0.05, 0.1) is 5.56 Å². The van der Waals surface area contributed by atoms with Crippen LogP contribution in [0.2, 0.25) is 0 Å². The average molecular weight is 387 g/mol. The van der Waals surface area contributed by atoms with Crippen molar-refractivity contribution >= 4 is 11.9 Å². The summed E-state index contributed by atoms with van der Waals surface area (Å²) in [4.78, 5) is 19.1. The van der Waals surface area contributed by atoms with Crippen LogP contribution in [-0.4, -0.2) is 37.3 Å². The van der Waals surface area contributed by atoms with Crippen molar-refractivity contribution in [2.24, 2.45) is 0 Å². The van der Waals surface area contributed by atoms with Gasteiger partial charge in [-0.1, -0.05) is 12.1 Å². The molecule has 144 valence electrons. The highest BCUT2D eigenvalue weighted by Crippen LogP contribution is 2.29. The van der Waals surface area contributed by atoms with E-state index in [-0.39, 0.29) is 29.8 Å². The number of anilines is 1. The number of fused-ring (bicyclic) bond motifs is 1. The Bertz CT molecular complexity index is 1010. The zero-order valence-corrected chi connectivity index (χ0v) is 14.5. The number of carboxylic acids is 1. The number of alkyl halides is 2. The summed E-state index contributed by atoms with van der Waals surface area (Å²) in [5, 5.41) is 19.4. The van der Waals surface area contributed by atoms with E-state index >= 15 is 0 Å². The molecule has 1 aromatic carbocycles. The summed E-state index contributed by atoms with van der Waals surface area (Å²) in [7, 11) is 0. The number of benzene rings is 1. The number of nitrogens with zero attached hydrogens (tertiary/aromatic N) is 4. The molecule has 8 nitrogen and oxygen atoms in total. The minimum absolute atomic E-state index is 0.00316. The van der Waals surface area contributed by atoms with Crippen molar-refractivity contribution in [1.82, 2.24) is 20.2 Å². The highest BCUT2D eigenvalue weighted by atomic mass is 19.3. The van der Waals surface area contributed by atoms with E-state index in [1.165, 1.54) is 18.5 Å². The van der Waals surface area contributed by atoms with E-state index in [9.17, 15) is 13.6 Å². The van der Waals surface area contributed by atoms with E-state index in [1.807, 2.05) is 0 Å². The van der Waals surface area contributed by atoms with E-state index < -0.39 is 12.4 Å². The molecule has 1 aliphatic rings. The van der Waals surface area contributed by atoms with E-state index in [2.05, 4.69) is 25.5 Å². The average Bonchev–Trinajstić information content (AvgIpc) is 3.27. The Morgan fingerprint density at radius 1 is 1.21 bits per heavy atom. The third kappa shape index (κ3) is 3.80. The number of nitrogens with one attached hydrogen (secondary N) is 1. The first kappa shape index (κ1) is 18.0. The molecule has 0 amide bonds. The summed E-state index contributed by atoms with van der Waals surface area (Å²) in [5.74, 6) is -0.544. The normalized spacial score (nSPS) is 15.6. The minimum Gasteiger partial charge on any atom is -0.481 e. The van der Waals surface area contributed by atoms with E-state index in [1.54, 1.807) is 12.1 Å². The zero-order chi connectivity index (χ0) is 19.7. The van der Waals surface area contributed by atoms with Crippen molar-refractivity contribution in [2.45, 2.75) is 31.7 Å². The number of hydrogen-bond donors (Lipinski definition) is 2. The lowest BCUT2D eigenvalue weighted by Crippen LogP contribution is -2.20. The molecule has 2 N–H and O–H groups in total. The standard InChI is InChI=1S/C18H15F2N5O3/c19-16(20)10-2-1-9-4-13(5-11(9)3-10)23-18-21-7-12(8-22-18)17-25-24-14(28-17)6-15(26)27/h1-3,7-8,13,16H,4-6H2,(H,26,27)(H,21,22,23). The van der Waals surface area contributed by atoms with Gasteiger partial charge in [-0.25, -0.2) is 18.7 Å². The summed E-state index contributed by atoms with van der Waals surface area (Å²) in [6.07, 6.45) is 1.46. The summed E-state index contributed by atoms with van der Waals surface area (Å²) in [5.41, 5.74) is 2.44. The quantitative estimate of drug-likeness (QED) is 0.664. The Hall–Kier alpha value is -3.43. The number of rotatable bonds is 6. The largest absolute Gasteiger partial charge is 0.481 e. The molecule has 3 aromatic rings. The van der Waals surface area contributed by atoms with E-state index in [4.69, 9.17) is 9.52 Å². The first-order valence-corrected chi connectivity index (χ1v) is 8.51. The maximum absolute atomic E-state index is 12.8. The molecular formula is C18H15F2N5O3. The van der Waals surface area contributed by atoms with Gasteiger partial charge in [0.2, 0.25) is 11.8 Å². The molecule has 4 rings (SSSR count). The molecule has 28 heavy (non-hydrogen) atoms. The highest BCUT2D eigenvalue weighted by Gasteiger charge is 2.23. The highest BCUT2D eigenvalue weighted by molar-refractivity contribution is 5.68. The van der Waals surface area contributed by atoms with Crippen molar-refractivity contribution in [3.63, 3.8) is 0 Å². The van der Waals surface area contributed by atoms with Crippen LogP contribution < -0.4 is 5.32 Å². The molecule has 10 heteroatoms. The van der Waals surface area contributed by atoms with Gasteiger partial charge in [0.25, 0.3) is 12.3 Å². The predicted molar refractivity (Wildman–Crippen MR) is 92.9 cm³/mol. The van der Waals surface area contributed by atoms with Crippen LogP contribution in [0.3, 0.4) is 0 Å². The van der Waals surface area contributed by atoms with Crippen LogP contribution in [0.5, 0.6) is 0 Å². The number of halogens is 2. The van der Waals surface area contributed by atoms with Gasteiger partial charge in [-0.05, 0) is 30.0 Å². The maximum atomic E-state index is 12.8. The topological polar surface area (TPSA) is 114 Å². The van der Waals surface area contributed by atoms with Crippen LogP contribution in [-0.2, 0) is 24.1 Å². The molecule has 0 radical (unpaired) electrons. The smallest absolute Gasteiger partial charge is 0.312 e. The van der Waals surface area contributed by atoms with Crippen LogP contribution in [0.25, 0.3) is 11.5 Å². The Morgan fingerprint density at radius 2 is 1.96 bits per heavy atom. The maximum Gasteiger partial charge on any atom is 0.312 e. The van der Waals surface area contributed by atoms with Gasteiger partial charge in [0, 0.05) is 24.0 Å². The monoisotopic (exact) mass is 387 g/mol. The zero-order valence-electron chi connectivity index (χ0n) is 14.5. The van der Waals surface area contributed by atoms with E-state index in [0.717, 1.165) is 11.1 Å². The summed E-state index contributed by atoms with van der Waals surface area (Å²) >= 11 is 0. The fraction of sp³-hybridized carbons (Fsp3) is 0.278. The molecule has 0 aliphatic heterocycles. The van der Waals surface area contributed by atoms with Gasteiger partial charge < -0.3 is 14.8 Å². The van der Waals surface area contributed by atoms with Crippen molar-refractivity contribution in [2.75, 3.05) is 5.32 Å². The van der Waals surface area contributed by atoms with Crippen LogP contribution in [0.1, 0.15) is 29.0 Å². The van der Waals surface area contributed by atoms with Gasteiger partial charge in [-0.3, -0.25) is 4.79 Å². The minimum atomic E-state index is -2.48. The lowest BCUT2D eigenvalue weighted by Gasteiger charge is -2.11. The third-order valence-corrected chi connectivity index (χ3v) is 4.42. The molecule has 1 atom stereocenters. The molecule has 0 saturated heterocycles. The third-order valence-electron chi connectivity index (χ3n) is 4.42. The van der Waals surface area contributed by atoms with Crippen LogP contribution in [0, 0.1) is 0 Å². The molecule has 2 aromatic heterocycles. The first-order chi connectivity index (χ1) is 13.5. The second-order valence-corrected chi connectivity index (χ2v) is 6.45. The van der Waals surface area contributed by atoms with Crippen LogP contribution >= 0.6 is 0 Å². The first-order valence-electron chi connectivity index (χ1n) is 8.51. The molecule has 2 heterocycles. The summed E-state index contributed by atoms with van der Waals surface area (Å²) in [6, 6.07) is 4.77. The predicted octanol–water partition coefficient (Wildman–Crippen LogP) is 2.67. The molecule has 1 aliphatic carbocycles. The fourth-order valence-corrected chi connectivity index (χ4v) is 3.14. The van der Waals surface area contributed by atoms with Gasteiger partial charge in [0.1, 0.15) is 6.42 Å². The van der Waals surface area contributed by atoms with Crippen LogP contribution in [0.15, 0.2) is 35.0 Å². The Kier molecular flexibility index (Phi) is 4.68. The van der Waals surface area contributed by atoms with Crippen LogP contribution in [0.4, 0.5) is 14.7 Å². The Labute approximate surface area is 157 Å². The van der Waals surface area contributed by atoms with Crippen molar-refractivity contribution < 1.29 is 23.1 Å². The second kappa shape index (κ2) is 7.29. The van der Waals surface area contributed by atoms with E-state index in [0.29, 0.717) is 24.4 Å². The lowest BCUT2D eigenvalue weighted by atomic mass is 10.1. The van der Waals surface area contributed by atoms with Crippen molar-refractivity contribution in [3.8, 4) is 11.5 Å². The molecule has 0 bridgehead atoms. The summed E-state index contributed by atoms with van der Waals surface area (Å²) < 4.78 is 30.9.